The molecule has 1 aromatic heterocycles. The summed E-state index contributed by atoms with van der Waals surface area (Å²) < 4.78 is 26.1. The van der Waals surface area contributed by atoms with Gasteiger partial charge in [-0.05, 0) is 77.6 Å². The first-order chi connectivity index (χ1) is 21.7. The lowest BCUT2D eigenvalue weighted by molar-refractivity contribution is -0.298. The zero-order valence-corrected chi connectivity index (χ0v) is 30.4. The molecular formula is C35H64N6O5. The smallest absolute Gasteiger partial charge is 0.225 e. The topological polar surface area (TPSA) is 95.9 Å². The highest BCUT2D eigenvalue weighted by atomic mass is 16.7. The highest BCUT2D eigenvalue weighted by Crippen LogP contribution is 2.39. The SMILES string of the molecule is CO[C@]1(C)C[C@@H](C)CN(C)[C@H](CN2CCN(c3ncccn3)CC2)COCC(C)(C)C[C@@H](C)[C@H]1O[C@@H]1O[C@H](C)C[C@H](N(C)C)[C@H]1O. The van der Waals surface area contributed by atoms with E-state index in [9.17, 15) is 5.11 Å². The fourth-order valence-electron chi connectivity index (χ4n) is 8.10. The van der Waals surface area contributed by atoms with E-state index in [2.05, 4.69) is 78.2 Å². The van der Waals surface area contributed by atoms with Crippen LogP contribution < -0.4 is 4.90 Å². The van der Waals surface area contributed by atoms with Crippen molar-refractivity contribution in [1.29, 1.82) is 0 Å². The van der Waals surface area contributed by atoms with Crippen molar-refractivity contribution in [2.75, 3.05) is 85.6 Å². The van der Waals surface area contributed by atoms with Crippen LogP contribution in [0.3, 0.4) is 0 Å². The number of aromatic nitrogens is 2. The zero-order valence-electron chi connectivity index (χ0n) is 30.4. The summed E-state index contributed by atoms with van der Waals surface area (Å²) in [5.74, 6) is 1.29. The lowest BCUT2D eigenvalue weighted by Crippen LogP contribution is -2.58. The van der Waals surface area contributed by atoms with E-state index in [1.807, 2.05) is 32.6 Å². The van der Waals surface area contributed by atoms with Gasteiger partial charge in [0.1, 0.15) is 6.10 Å². The Morgan fingerprint density at radius 2 is 1.72 bits per heavy atom. The van der Waals surface area contributed by atoms with Crippen LogP contribution in [-0.2, 0) is 18.9 Å². The van der Waals surface area contributed by atoms with Gasteiger partial charge in [-0.25, -0.2) is 9.97 Å². The van der Waals surface area contributed by atoms with E-state index < -0.39 is 18.0 Å². The summed E-state index contributed by atoms with van der Waals surface area (Å²) in [7, 11) is 8.06. The van der Waals surface area contributed by atoms with Gasteiger partial charge in [0.05, 0.1) is 31.0 Å². The van der Waals surface area contributed by atoms with Crippen LogP contribution in [-0.4, -0.2) is 153 Å². The zero-order chi connectivity index (χ0) is 33.6. The van der Waals surface area contributed by atoms with Crippen molar-refractivity contribution in [2.45, 2.75) is 103 Å². The molecule has 11 nitrogen and oxygen atoms in total. The number of rotatable bonds is 7. The van der Waals surface area contributed by atoms with Crippen LogP contribution in [0.25, 0.3) is 0 Å². The molecule has 4 rings (SSSR count). The predicted molar refractivity (Wildman–Crippen MR) is 182 cm³/mol. The van der Waals surface area contributed by atoms with E-state index in [-0.39, 0.29) is 35.6 Å². The van der Waals surface area contributed by atoms with Crippen LogP contribution in [0.2, 0.25) is 0 Å². The molecule has 0 saturated carbocycles. The highest BCUT2D eigenvalue weighted by Gasteiger charge is 2.47. The molecule has 9 atom stereocenters. The number of piperazine rings is 1. The summed E-state index contributed by atoms with van der Waals surface area (Å²) >= 11 is 0. The van der Waals surface area contributed by atoms with E-state index >= 15 is 0 Å². The Morgan fingerprint density at radius 1 is 1.04 bits per heavy atom. The van der Waals surface area contributed by atoms with Crippen molar-refractivity contribution >= 4 is 5.95 Å². The monoisotopic (exact) mass is 648 g/mol. The largest absolute Gasteiger partial charge is 0.386 e. The third kappa shape index (κ3) is 9.81. The molecule has 3 aliphatic heterocycles. The van der Waals surface area contributed by atoms with Gasteiger partial charge < -0.3 is 33.9 Å². The maximum Gasteiger partial charge on any atom is 0.225 e. The van der Waals surface area contributed by atoms with Crippen LogP contribution in [0, 0.1) is 17.3 Å². The molecule has 0 amide bonds. The molecule has 11 heteroatoms. The van der Waals surface area contributed by atoms with E-state index in [4.69, 9.17) is 18.9 Å². The molecule has 0 radical (unpaired) electrons. The third-order valence-electron chi connectivity index (χ3n) is 10.5. The summed E-state index contributed by atoms with van der Waals surface area (Å²) in [6, 6.07) is 2.10. The molecule has 264 valence electrons. The number of anilines is 1. The number of methoxy groups -OCH3 is 1. The van der Waals surface area contributed by atoms with Gasteiger partial charge in [-0.15, -0.1) is 0 Å². The average Bonchev–Trinajstić information content (AvgIpc) is 3.00. The van der Waals surface area contributed by atoms with Gasteiger partial charge in [0.15, 0.2) is 6.29 Å². The second-order valence-electron chi connectivity index (χ2n) is 15.7. The standard InChI is InChI=1S/C35H64N6O5/c1-25-19-35(6,43-10)31(46-32-30(42)29(38(7)8)18-27(3)45-32)26(2)20-34(4,5)24-44-23-28(39(9)21-25)22-40-14-16-41(17-15-40)33-36-12-11-13-37-33/h11-13,25-32,42H,14-24H2,1-10H3/t25-,26-,27-,28-,29+,30-,31-,32+,35-/m1/s1. The van der Waals surface area contributed by atoms with Gasteiger partial charge in [0.2, 0.25) is 5.95 Å². The van der Waals surface area contributed by atoms with Crippen LogP contribution in [0.5, 0.6) is 0 Å². The molecule has 46 heavy (non-hydrogen) atoms. The van der Waals surface area contributed by atoms with Gasteiger partial charge in [-0.3, -0.25) is 9.80 Å². The first-order valence-corrected chi connectivity index (χ1v) is 17.4. The predicted octanol–water partition coefficient (Wildman–Crippen LogP) is 3.22. The minimum absolute atomic E-state index is 0.0105. The molecule has 0 spiro atoms. The normalized spacial score (nSPS) is 37.8. The average molecular weight is 649 g/mol. The molecule has 3 aliphatic rings. The second-order valence-corrected chi connectivity index (χ2v) is 15.7. The Labute approximate surface area is 278 Å². The Hall–Kier alpha value is -1.44. The highest BCUT2D eigenvalue weighted by molar-refractivity contribution is 5.29. The number of likely N-dealkylation sites (N-methyl/N-ethyl adjacent to an activating group) is 2. The Kier molecular flexibility index (Phi) is 13.3. The van der Waals surface area contributed by atoms with Gasteiger partial charge in [0.25, 0.3) is 0 Å². The summed E-state index contributed by atoms with van der Waals surface area (Å²) in [6.07, 6.45) is 4.36. The summed E-state index contributed by atoms with van der Waals surface area (Å²) in [5, 5.41) is 11.4. The third-order valence-corrected chi connectivity index (χ3v) is 10.5. The molecule has 1 aromatic rings. The summed E-state index contributed by atoms with van der Waals surface area (Å²) in [5.41, 5.74) is -0.654. The fraction of sp³-hybridized carbons (Fsp3) is 0.886. The van der Waals surface area contributed by atoms with E-state index in [0.717, 1.165) is 64.5 Å². The molecule has 0 bridgehead atoms. The van der Waals surface area contributed by atoms with Crippen molar-refractivity contribution in [3.63, 3.8) is 0 Å². The van der Waals surface area contributed by atoms with E-state index in [1.54, 1.807) is 7.11 Å². The number of ether oxygens (including phenoxy) is 4. The van der Waals surface area contributed by atoms with Crippen molar-refractivity contribution in [1.82, 2.24) is 24.7 Å². The molecule has 4 heterocycles. The molecule has 3 saturated heterocycles. The van der Waals surface area contributed by atoms with Gasteiger partial charge in [0, 0.05) is 70.9 Å². The Balaban J connectivity index is 1.49. The minimum Gasteiger partial charge on any atom is -0.386 e. The molecular weight excluding hydrogens is 584 g/mol. The van der Waals surface area contributed by atoms with Crippen LogP contribution in [0.4, 0.5) is 5.95 Å². The molecule has 0 aliphatic carbocycles. The Morgan fingerprint density at radius 3 is 2.35 bits per heavy atom. The number of hydrogen-bond donors (Lipinski definition) is 1. The minimum atomic E-state index is -0.744. The van der Waals surface area contributed by atoms with Crippen molar-refractivity contribution in [3.05, 3.63) is 18.5 Å². The van der Waals surface area contributed by atoms with Crippen LogP contribution in [0.15, 0.2) is 18.5 Å². The lowest BCUT2D eigenvalue weighted by atomic mass is 9.75. The van der Waals surface area contributed by atoms with Crippen LogP contribution in [0.1, 0.15) is 60.8 Å². The molecule has 3 fully saturated rings. The van der Waals surface area contributed by atoms with Gasteiger partial charge in [-0.1, -0.05) is 27.7 Å². The van der Waals surface area contributed by atoms with Gasteiger partial charge >= 0.3 is 0 Å². The maximum absolute atomic E-state index is 11.4. The number of aliphatic hydroxyl groups is 1. The maximum atomic E-state index is 11.4. The van der Waals surface area contributed by atoms with E-state index in [0.29, 0.717) is 19.1 Å². The second kappa shape index (κ2) is 16.3. The summed E-state index contributed by atoms with van der Waals surface area (Å²) in [6.45, 7) is 20.4. The van der Waals surface area contributed by atoms with Gasteiger partial charge in [-0.2, -0.15) is 0 Å². The van der Waals surface area contributed by atoms with E-state index in [1.165, 1.54) is 0 Å². The van der Waals surface area contributed by atoms with Crippen LogP contribution >= 0.6 is 0 Å². The molecule has 0 aromatic carbocycles. The number of hydrogen-bond acceptors (Lipinski definition) is 11. The first-order valence-electron chi connectivity index (χ1n) is 17.4. The van der Waals surface area contributed by atoms with Crippen molar-refractivity contribution in [3.8, 4) is 0 Å². The molecule has 0 unspecified atom stereocenters. The molecule has 1 N–H and O–H groups in total. The van der Waals surface area contributed by atoms with Crippen molar-refractivity contribution in [2.24, 2.45) is 17.3 Å². The quantitative estimate of drug-likeness (QED) is 0.472. The first kappa shape index (κ1) is 37.4. The fourth-order valence-corrected chi connectivity index (χ4v) is 8.10. The summed E-state index contributed by atoms with van der Waals surface area (Å²) in [4.78, 5) is 18.3. The number of nitrogens with zero attached hydrogens (tertiary/aromatic N) is 6. The number of aliphatic hydroxyl groups excluding tert-OH is 1. The Bertz CT molecular complexity index is 1040. The lowest BCUT2D eigenvalue weighted by Gasteiger charge is -2.47. The van der Waals surface area contributed by atoms with Crippen molar-refractivity contribution < 1.29 is 24.1 Å².